The largest absolute Gasteiger partial charge is 0.373 e. The topological polar surface area (TPSA) is 9.23 Å². The number of hydrogen-bond acceptors (Lipinski definition) is 1. The number of ether oxygens (including phenoxy) is 1. The summed E-state index contributed by atoms with van der Waals surface area (Å²) in [5, 5.41) is 0.269. The first-order valence-corrected chi connectivity index (χ1v) is 5.93. The molecule has 1 aliphatic rings. The van der Waals surface area contributed by atoms with Gasteiger partial charge in [-0.25, -0.2) is 0 Å². The van der Waals surface area contributed by atoms with E-state index in [4.69, 9.17) is 16.3 Å². The van der Waals surface area contributed by atoms with E-state index in [0.717, 1.165) is 19.4 Å². The summed E-state index contributed by atoms with van der Waals surface area (Å²) >= 11 is 6.15. The van der Waals surface area contributed by atoms with Crippen LogP contribution in [0.15, 0.2) is 18.2 Å². The summed E-state index contributed by atoms with van der Waals surface area (Å²) in [6.07, 6.45) is 2.10. The molecule has 0 spiro atoms. The molecular weight excluding hydrogens is 208 g/mol. The minimum Gasteiger partial charge on any atom is -0.373 e. The van der Waals surface area contributed by atoms with Crippen molar-refractivity contribution in [2.24, 2.45) is 0 Å². The maximum atomic E-state index is 6.15. The van der Waals surface area contributed by atoms with E-state index >= 15 is 0 Å². The zero-order valence-electron chi connectivity index (χ0n) is 9.29. The molecule has 2 rings (SSSR count). The molecule has 2 atom stereocenters. The summed E-state index contributed by atoms with van der Waals surface area (Å²) in [5.41, 5.74) is 3.92. The summed E-state index contributed by atoms with van der Waals surface area (Å²) < 4.78 is 5.74. The maximum absolute atomic E-state index is 6.15. The molecular formula is C13H17ClO. The van der Waals surface area contributed by atoms with E-state index in [1.54, 1.807) is 0 Å². The van der Waals surface area contributed by atoms with Gasteiger partial charge in [0.25, 0.3) is 0 Å². The molecule has 0 radical (unpaired) electrons. The molecule has 1 aliphatic heterocycles. The molecule has 1 aromatic rings. The first kappa shape index (κ1) is 11.0. The average molecular weight is 225 g/mol. The van der Waals surface area contributed by atoms with Crippen LogP contribution in [0, 0.1) is 13.8 Å². The van der Waals surface area contributed by atoms with Crippen LogP contribution in [0.25, 0.3) is 0 Å². The number of hydrogen-bond donors (Lipinski definition) is 0. The molecule has 2 unspecified atom stereocenters. The number of benzene rings is 1. The highest BCUT2D eigenvalue weighted by Gasteiger charge is 2.22. The predicted molar refractivity (Wildman–Crippen MR) is 63.5 cm³/mol. The second-order valence-electron chi connectivity index (χ2n) is 4.32. The fourth-order valence-corrected chi connectivity index (χ4v) is 2.20. The van der Waals surface area contributed by atoms with E-state index in [1.807, 2.05) is 0 Å². The van der Waals surface area contributed by atoms with Crippen LogP contribution in [0.3, 0.4) is 0 Å². The Morgan fingerprint density at radius 3 is 2.73 bits per heavy atom. The molecule has 0 saturated carbocycles. The summed E-state index contributed by atoms with van der Waals surface area (Å²) in [5.74, 6) is 0. The lowest BCUT2D eigenvalue weighted by Crippen LogP contribution is -2.19. The quantitative estimate of drug-likeness (QED) is 0.660. The second-order valence-corrected chi connectivity index (χ2v) is 4.94. The monoisotopic (exact) mass is 224 g/mol. The van der Waals surface area contributed by atoms with Crippen LogP contribution in [0.4, 0.5) is 0 Å². The molecule has 82 valence electrons. The van der Waals surface area contributed by atoms with Crippen molar-refractivity contribution in [1.29, 1.82) is 0 Å². The predicted octanol–water partition coefficient (Wildman–Crippen LogP) is 3.76. The van der Waals surface area contributed by atoms with E-state index in [1.165, 1.54) is 16.7 Å². The maximum Gasteiger partial charge on any atom is 0.0839 e. The molecule has 1 fully saturated rings. The normalized spacial score (nSPS) is 26.6. The lowest BCUT2D eigenvalue weighted by molar-refractivity contribution is 0.0168. The van der Waals surface area contributed by atoms with Crippen molar-refractivity contribution in [3.8, 4) is 0 Å². The van der Waals surface area contributed by atoms with Gasteiger partial charge in [-0.15, -0.1) is 11.6 Å². The minimum atomic E-state index is 0.195. The molecule has 0 N–H and O–H groups in total. The summed E-state index contributed by atoms with van der Waals surface area (Å²) in [6, 6.07) is 6.53. The van der Waals surface area contributed by atoms with E-state index in [9.17, 15) is 0 Å². The third-order valence-corrected chi connectivity index (χ3v) is 3.52. The van der Waals surface area contributed by atoms with Crippen LogP contribution < -0.4 is 0 Å². The van der Waals surface area contributed by atoms with Crippen LogP contribution in [0.1, 0.15) is 35.6 Å². The Kier molecular flexibility index (Phi) is 3.32. The smallest absolute Gasteiger partial charge is 0.0839 e. The molecule has 0 bridgehead atoms. The third-order valence-electron chi connectivity index (χ3n) is 3.12. The molecule has 0 aliphatic carbocycles. The first-order valence-electron chi connectivity index (χ1n) is 5.49. The number of rotatable bonds is 1. The lowest BCUT2D eigenvalue weighted by Gasteiger charge is -2.26. The highest BCUT2D eigenvalue weighted by molar-refractivity contribution is 6.20. The molecule has 1 nitrogen and oxygen atoms in total. The Labute approximate surface area is 96.4 Å². The van der Waals surface area contributed by atoms with E-state index in [0.29, 0.717) is 0 Å². The Bertz CT molecular complexity index is 348. The van der Waals surface area contributed by atoms with Gasteiger partial charge in [-0.05, 0) is 43.4 Å². The van der Waals surface area contributed by atoms with Gasteiger partial charge in [0.05, 0.1) is 6.10 Å². The Morgan fingerprint density at radius 2 is 2.07 bits per heavy atom. The van der Waals surface area contributed by atoms with Crippen molar-refractivity contribution in [2.45, 2.75) is 38.2 Å². The summed E-state index contributed by atoms with van der Waals surface area (Å²) in [4.78, 5) is 0. The van der Waals surface area contributed by atoms with Crippen LogP contribution in [-0.2, 0) is 4.74 Å². The van der Waals surface area contributed by atoms with E-state index < -0.39 is 0 Å². The van der Waals surface area contributed by atoms with Gasteiger partial charge in [0.15, 0.2) is 0 Å². The number of alkyl halides is 1. The van der Waals surface area contributed by atoms with Crippen LogP contribution in [0.5, 0.6) is 0 Å². The van der Waals surface area contributed by atoms with Crippen molar-refractivity contribution in [3.05, 3.63) is 34.9 Å². The average Bonchev–Trinajstić information content (AvgIpc) is 2.22. The van der Waals surface area contributed by atoms with Gasteiger partial charge < -0.3 is 4.74 Å². The van der Waals surface area contributed by atoms with Crippen molar-refractivity contribution in [1.82, 2.24) is 0 Å². The van der Waals surface area contributed by atoms with Gasteiger partial charge in [-0.2, -0.15) is 0 Å². The van der Waals surface area contributed by atoms with Crippen LogP contribution in [0.2, 0.25) is 0 Å². The van der Waals surface area contributed by atoms with Gasteiger partial charge in [0.2, 0.25) is 0 Å². The SMILES string of the molecule is Cc1ccc(C2CC(Cl)CCO2)cc1C. The molecule has 1 saturated heterocycles. The summed E-state index contributed by atoms with van der Waals surface area (Å²) in [6.45, 7) is 5.05. The number of halogens is 1. The molecule has 1 heterocycles. The lowest BCUT2D eigenvalue weighted by atomic mass is 9.98. The molecule has 0 amide bonds. The molecule has 0 aromatic heterocycles. The highest BCUT2D eigenvalue weighted by atomic mass is 35.5. The Balaban J connectivity index is 2.18. The van der Waals surface area contributed by atoms with E-state index in [2.05, 4.69) is 32.0 Å². The molecule has 15 heavy (non-hydrogen) atoms. The standard InChI is InChI=1S/C13H17ClO/c1-9-3-4-11(7-10(9)2)13-8-12(14)5-6-15-13/h3-4,7,12-13H,5-6,8H2,1-2H3. The van der Waals surface area contributed by atoms with Crippen molar-refractivity contribution in [3.63, 3.8) is 0 Å². The fourth-order valence-electron chi connectivity index (χ4n) is 1.95. The van der Waals surface area contributed by atoms with Gasteiger partial charge in [0.1, 0.15) is 0 Å². The van der Waals surface area contributed by atoms with Crippen molar-refractivity contribution < 1.29 is 4.74 Å². The van der Waals surface area contributed by atoms with Gasteiger partial charge >= 0.3 is 0 Å². The third kappa shape index (κ3) is 2.53. The zero-order chi connectivity index (χ0) is 10.8. The fraction of sp³-hybridized carbons (Fsp3) is 0.538. The van der Waals surface area contributed by atoms with Gasteiger partial charge in [-0.3, -0.25) is 0 Å². The summed E-state index contributed by atoms with van der Waals surface area (Å²) in [7, 11) is 0. The second kappa shape index (κ2) is 4.54. The van der Waals surface area contributed by atoms with Crippen LogP contribution >= 0.6 is 11.6 Å². The molecule has 1 aromatic carbocycles. The minimum absolute atomic E-state index is 0.195. The van der Waals surface area contributed by atoms with Gasteiger partial charge in [-0.1, -0.05) is 18.2 Å². The van der Waals surface area contributed by atoms with Gasteiger partial charge in [0, 0.05) is 12.0 Å². The Morgan fingerprint density at radius 1 is 1.27 bits per heavy atom. The van der Waals surface area contributed by atoms with Crippen molar-refractivity contribution >= 4 is 11.6 Å². The first-order chi connectivity index (χ1) is 7.16. The zero-order valence-corrected chi connectivity index (χ0v) is 10.1. The van der Waals surface area contributed by atoms with Crippen molar-refractivity contribution in [2.75, 3.05) is 6.61 Å². The molecule has 2 heteroatoms. The van der Waals surface area contributed by atoms with E-state index in [-0.39, 0.29) is 11.5 Å². The Hall–Kier alpha value is -0.530. The highest BCUT2D eigenvalue weighted by Crippen LogP contribution is 2.31. The van der Waals surface area contributed by atoms with Crippen LogP contribution in [-0.4, -0.2) is 12.0 Å². The number of aryl methyl sites for hydroxylation is 2.